The highest BCUT2D eigenvalue weighted by molar-refractivity contribution is 7.92. The molecule has 1 aromatic rings. The number of aliphatic imine (C=N–C) groups is 1. The number of rotatable bonds is 5. The van der Waals surface area contributed by atoms with Crippen molar-refractivity contribution in [3.05, 3.63) is 16.1 Å². The number of aromatic nitrogens is 1. The number of thiazole rings is 1. The third-order valence-corrected chi connectivity index (χ3v) is 7.78. The molecule has 1 aromatic heterocycles. The van der Waals surface area contributed by atoms with E-state index in [1.165, 1.54) is 0 Å². The molecule has 1 aliphatic heterocycles. The molecule has 2 rings (SSSR count). The van der Waals surface area contributed by atoms with Crippen LogP contribution in [-0.2, 0) is 22.7 Å². The minimum atomic E-state index is -3.04. The first kappa shape index (κ1) is 19.2. The van der Waals surface area contributed by atoms with E-state index in [2.05, 4.69) is 32.5 Å². The predicted octanol–water partition coefficient (Wildman–Crippen LogP) is 1.72. The quantitative estimate of drug-likeness (QED) is 0.629. The molecule has 24 heavy (non-hydrogen) atoms. The molecule has 0 unspecified atom stereocenters. The highest BCUT2D eigenvalue weighted by atomic mass is 32.2. The Kier molecular flexibility index (Phi) is 6.25. The SMILES string of the molecule is CCNC(=NCCc1csc(CC)n1)N1CCS(=O)(=O)C(C)(C)C1. The van der Waals surface area contributed by atoms with E-state index in [0.717, 1.165) is 36.0 Å². The summed E-state index contributed by atoms with van der Waals surface area (Å²) in [5, 5.41) is 6.53. The smallest absolute Gasteiger partial charge is 0.194 e. The van der Waals surface area contributed by atoms with E-state index >= 15 is 0 Å². The van der Waals surface area contributed by atoms with Gasteiger partial charge < -0.3 is 10.2 Å². The zero-order valence-electron chi connectivity index (χ0n) is 15.0. The average molecular weight is 373 g/mol. The minimum Gasteiger partial charge on any atom is -0.357 e. The molecule has 0 saturated carbocycles. The number of guanidine groups is 1. The minimum absolute atomic E-state index is 0.177. The summed E-state index contributed by atoms with van der Waals surface area (Å²) in [6.45, 7) is 10.1. The molecule has 2 heterocycles. The zero-order valence-corrected chi connectivity index (χ0v) is 16.6. The Morgan fingerprint density at radius 2 is 2.21 bits per heavy atom. The average Bonchev–Trinajstić information content (AvgIpc) is 2.97. The van der Waals surface area contributed by atoms with Gasteiger partial charge in [-0.1, -0.05) is 6.92 Å². The molecule has 0 aliphatic carbocycles. The summed E-state index contributed by atoms with van der Waals surface area (Å²) in [7, 11) is -3.04. The number of sulfone groups is 1. The van der Waals surface area contributed by atoms with Gasteiger partial charge in [0.25, 0.3) is 0 Å². The Hall–Kier alpha value is -1.15. The van der Waals surface area contributed by atoms with E-state index in [4.69, 9.17) is 0 Å². The van der Waals surface area contributed by atoms with Crippen LogP contribution in [0.2, 0.25) is 0 Å². The molecule has 1 fully saturated rings. The Morgan fingerprint density at radius 3 is 2.79 bits per heavy atom. The summed E-state index contributed by atoms with van der Waals surface area (Å²) in [5.41, 5.74) is 1.08. The second-order valence-electron chi connectivity index (χ2n) is 6.57. The third kappa shape index (κ3) is 4.47. The molecule has 1 saturated heterocycles. The van der Waals surface area contributed by atoms with E-state index in [1.54, 1.807) is 25.2 Å². The van der Waals surface area contributed by atoms with Gasteiger partial charge in [0, 0.05) is 38.0 Å². The van der Waals surface area contributed by atoms with Crippen LogP contribution in [0.5, 0.6) is 0 Å². The number of aryl methyl sites for hydroxylation is 1. The molecule has 0 radical (unpaired) electrons. The van der Waals surface area contributed by atoms with Crippen molar-refractivity contribution in [1.29, 1.82) is 0 Å². The highest BCUT2D eigenvalue weighted by Crippen LogP contribution is 2.23. The number of hydrogen-bond donors (Lipinski definition) is 1. The van der Waals surface area contributed by atoms with Gasteiger partial charge in [-0.05, 0) is 27.2 Å². The summed E-state index contributed by atoms with van der Waals surface area (Å²) in [5.74, 6) is 0.975. The maximum atomic E-state index is 12.2. The molecule has 0 amide bonds. The number of nitrogens with zero attached hydrogens (tertiary/aromatic N) is 3. The largest absolute Gasteiger partial charge is 0.357 e. The predicted molar refractivity (Wildman–Crippen MR) is 101 cm³/mol. The standard InChI is InChI=1S/C16H28N4O2S2/c1-5-14-19-13(11-23-14)7-8-18-15(17-6-2)20-9-10-24(21,22)16(3,4)12-20/h11H,5-10,12H2,1-4H3,(H,17,18). The van der Waals surface area contributed by atoms with Gasteiger partial charge in [-0.2, -0.15) is 0 Å². The molecule has 0 atom stereocenters. The lowest BCUT2D eigenvalue weighted by Gasteiger charge is -2.39. The van der Waals surface area contributed by atoms with Crippen molar-refractivity contribution in [2.45, 2.75) is 45.3 Å². The van der Waals surface area contributed by atoms with Crippen LogP contribution in [0, 0.1) is 0 Å². The lowest BCUT2D eigenvalue weighted by atomic mass is 10.2. The molecule has 6 nitrogen and oxygen atoms in total. The Balaban J connectivity index is 2.03. The Morgan fingerprint density at radius 1 is 1.46 bits per heavy atom. The lowest BCUT2D eigenvalue weighted by molar-refractivity contribution is 0.353. The molecule has 0 aromatic carbocycles. The van der Waals surface area contributed by atoms with Crippen LogP contribution in [0.3, 0.4) is 0 Å². The van der Waals surface area contributed by atoms with Crippen molar-refractivity contribution in [2.24, 2.45) is 4.99 Å². The highest BCUT2D eigenvalue weighted by Gasteiger charge is 2.40. The maximum absolute atomic E-state index is 12.2. The van der Waals surface area contributed by atoms with Crippen molar-refractivity contribution in [2.75, 3.05) is 31.9 Å². The van der Waals surface area contributed by atoms with Crippen LogP contribution in [0.1, 0.15) is 38.4 Å². The fourth-order valence-corrected chi connectivity index (χ4v) is 4.80. The number of nitrogens with one attached hydrogen (secondary N) is 1. The van der Waals surface area contributed by atoms with E-state index < -0.39 is 14.6 Å². The van der Waals surface area contributed by atoms with Crippen LogP contribution in [-0.4, -0.2) is 60.9 Å². The summed E-state index contributed by atoms with van der Waals surface area (Å²) in [6, 6.07) is 0. The van der Waals surface area contributed by atoms with Gasteiger partial charge >= 0.3 is 0 Å². The zero-order chi connectivity index (χ0) is 17.8. The fourth-order valence-electron chi connectivity index (χ4n) is 2.65. The molecule has 8 heteroatoms. The van der Waals surface area contributed by atoms with Gasteiger partial charge in [0.05, 0.1) is 21.2 Å². The van der Waals surface area contributed by atoms with E-state index in [1.807, 2.05) is 6.92 Å². The number of hydrogen-bond acceptors (Lipinski definition) is 5. The molecule has 136 valence electrons. The van der Waals surface area contributed by atoms with Crippen LogP contribution in [0.15, 0.2) is 10.4 Å². The summed E-state index contributed by atoms with van der Waals surface area (Å²) < 4.78 is 23.6. The fraction of sp³-hybridized carbons (Fsp3) is 0.750. The van der Waals surface area contributed by atoms with Crippen LogP contribution >= 0.6 is 11.3 Å². The van der Waals surface area contributed by atoms with Gasteiger partial charge in [-0.3, -0.25) is 4.99 Å². The van der Waals surface area contributed by atoms with Gasteiger partial charge in [-0.15, -0.1) is 11.3 Å². The van der Waals surface area contributed by atoms with E-state index in [9.17, 15) is 8.42 Å². The van der Waals surface area contributed by atoms with Crippen molar-refractivity contribution in [3.63, 3.8) is 0 Å². The van der Waals surface area contributed by atoms with E-state index in [0.29, 0.717) is 19.6 Å². The van der Waals surface area contributed by atoms with Crippen molar-refractivity contribution in [1.82, 2.24) is 15.2 Å². The van der Waals surface area contributed by atoms with Crippen molar-refractivity contribution < 1.29 is 8.42 Å². The van der Waals surface area contributed by atoms with Gasteiger partial charge in [-0.25, -0.2) is 13.4 Å². The maximum Gasteiger partial charge on any atom is 0.194 e. The summed E-state index contributed by atoms with van der Waals surface area (Å²) >= 11 is 1.69. The van der Waals surface area contributed by atoms with Crippen LogP contribution in [0.25, 0.3) is 0 Å². The topological polar surface area (TPSA) is 74.7 Å². The molecular formula is C16H28N4O2S2. The first-order valence-electron chi connectivity index (χ1n) is 8.48. The van der Waals surface area contributed by atoms with Crippen molar-refractivity contribution in [3.8, 4) is 0 Å². The monoisotopic (exact) mass is 372 g/mol. The molecule has 0 spiro atoms. The van der Waals surface area contributed by atoms with Gasteiger partial charge in [0.1, 0.15) is 0 Å². The first-order chi connectivity index (χ1) is 11.3. The lowest BCUT2D eigenvalue weighted by Crippen LogP contribution is -2.57. The normalized spacial score (nSPS) is 20.2. The molecule has 0 bridgehead atoms. The van der Waals surface area contributed by atoms with E-state index in [-0.39, 0.29) is 5.75 Å². The van der Waals surface area contributed by atoms with Gasteiger partial charge in [0.15, 0.2) is 15.8 Å². The molecule has 1 aliphatic rings. The Bertz CT molecular complexity index is 680. The van der Waals surface area contributed by atoms with Gasteiger partial charge in [0.2, 0.25) is 0 Å². The van der Waals surface area contributed by atoms with Crippen LogP contribution in [0.4, 0.5) is 0 Å². The molecule has 1 N–H and O–H groups in total. The van der Waals surface area contributed by atoms with Crippen LogP contribution < -0.4 is 5.32 Å². The summed E-state index contributed by atoms with van der Waals surface area (Å²) in [6.07, 6.45) is 1.77. The Labute approximate surface area is 149 Å². The summed E-state index contributed by atoms with van der Waals surface area (Å²) in [4.78, 5) is 11.3. The first-order valence-corrected chi connectivity index (χ1v) is 11.0. The second kappa shape index (κ2) is 7.82. The van der Waals surface area contributed by atoms with Crippen molar-refractivity contribution >= 4 is 27.1 Å². The third-order valence-electron chi connectivity index (χ3n) is 4.21. The molecular weight excluding hydrogens is 344 g/mol. The second-order valence-corrected chi connectivity index (χ2v) is 10.3.